The summed E-state index contributed by atoms with van der Waals surface area (Å²) in [6.45, 7) is 4.47. The van der Waals surface area contributed by atoms with E-state index in [0.717, 1.165) is 12.8 Å². The van der Waals surface area contributed by atoms with E-state index in [-0.39, 0.29) is 0 Å². The Kier molecular flexibility index (Phi) is 14.9. The van der Waals surface area contributed by atoms with E-state index >= 15 is 0 Å². The van der Waals surface area contributed by atoms with E-state index in [1.54, 1.807) is 6.11 Å². The lowest BCUT2D eigenvalue weighted by molar-refractivity contribution is 0.388. The fourth-order valence-electron chi connectivity index (χ4n) is 2.56. The van der Waals surface area contributed by atoms with Crippen molar-refractivity contribution >= 4 is 0 Å². The Hall–Kier alpha value is -0.640. The number of unbranched alkanes of at least 4 members (excludes halogenated alkanes) is 9. The smallest absolute Gasteiger partial charge is 0.172 e. The van der Waals surface area contributed by atoms with Gasteiger partial charge in [-0.25, -0.2) is 5.11 Å². The maximum Gasteiger partial charge on any atom is 0.172 e. The van der Waals surface area contributed by atoms with Crippen LogP contribution in [0.1, 0.15) is 97.3 Å². The minimum Gasteiger partial charge on any atom is -0.224 e. The Balaban J connectivity index is 3.22. The lowest BCUT2D eigenvalue weighted by Crippen LogP contribution is -1.97. The minimum atomic E-state index is 0.649. The summed E-state index contributed by atoms with van der Waals surface area (Å²) < 4.78 is 0. The van der Waals surface area contributed by atoms with Crippen LogP contribution in [0.4, 0.5) is 0 Å². The summed E-state index contributed by atoms with van der Waals surface area (Å²) in [5.41, 5.74) is 0. The Bertz CT molecular complexity index is 224. The lowest BCUT2D eigenvalue weighted by atomic mass is 9.95. The van der Waals surface area contributed by atoms with Crippen molar-refractivity contribution in [3.05, 3.63) is 0 Å². The van der Waals surface area contributed by atoms with Crippen molar-refractivity contribution in [1.29, 1.82) is 0 Å². The third kappa shape index (κ3) is 13.6. The summed E-state index contributed by atoms with van der Waals surface area (Å²) in [5.74, 6) is 3.33. The van der Waals surface area contributed by atoms with E-state index in [1.165, 1.54) is 70.6 Å². The number of hydrogen-bond donors (Lipinski definition) is 0. The van der Waals surface area contributed by atoms with Gasteiger partial charge in [0.15, 0.2) is 6.11 Å². The molecule has 0 spiro atoms. The van der Waals surface area contributed by atoms with Crippen LogP contribution >= 0.6 is 0 Å². The molecule has 1 heteroatoms. The third-order valence-corrected chi connectivity index (χ3v) is 4.01. The quantitative estimate of drug-likeness (QED) is 0.283. The molecular weight excluding hydrogens is 232 g/mol. The van der Waals surface area contributed by atoms with Crippen LogP contribution in [0.5, 0.6) is 0 Å². The SMILES string of the molecule is CCCCCCCCCCCCC(CC)CC#C[O]. The lowest BCUT2D eigenvalue weighted by Gasteiger charge is -2.10. The molecule has 0 aromatic carbocycles. The maximum absolute atomic E-state index is 10.1. The van der Waals surface area contributed by atoms with Crippen LogP contribution in [0.2, 0.25) is 0 Å². The normalized spacial score (nSPS) is 11.9. The van der Waals surface area contributed by atoms with Crippen LogP contribution in [0.3, 0.4) is 0 Å². The predicted molar refractivity (Wildman–Crippen MR) is 83.3 cm³/mol. The first-order chi connectivity index (χ1) is 9.35. The molecule has 0 rings (SSSR count). The molecular formula is C18H33O. The second-order valence-electron chi connectivity index (χ2n) is 5.73. The second-order valence-corrected chi connectivity index (χ2v) is 5.73. The van der Waals surface area contributed by atoms with Gasteiger partial charge in [-0.1, -0.05) is 90.4 Å². The summed E-state index contributed by atoms with van der Waals surface area (Å²) in [6.07, 6.45) is 18.9. The van der Waals surface area contributed by atoms with Crippen molar-refractivity contribution in [3.63, 3.8) is 0 Å². The zero-order chi connectivity index (χ0) is 14.2. The Morgan fingerprint density at radius 2 is 1.32 bits per heavy atom. The van der Waals surface area contributed by atoms with Crippen molar-refractivity contribution in [2.45, 2.75) is 97.3 Å². The van der Waals surface area contributed by atoms with Gasteiger partial charge in [0, 0.05) is 6.42 Å². The molecule has 0 aliphatic carbocycles. The molecule has 0 fully saturated rings. The monoisotopic (exact) mass is 265 g/mol. The average Bonchev–Trinajstić information content (AvgIpc) is 2.44. The fraction of sp³-hybridized carbons (Fsp3) is 0.889. The van der Waals surface area contributed by atoms with Gasteiger partial charge in [0.1, 0.15) is 0 Å². The highest BCUT2D eigenvalue weighted by Gasteiger charge is 2.04. The van der Waals surface area contributed by atoms with Crippen LogP contribution < -0.4 is 0 Å². The van der Waals surface area contributed by atoms with Gasteiger partial charge in [-0.15, -0.1) is 0 Å². The minimum absolute atomic E-state index is 0.649. The molecule has 0 aliphatic heterocycles. The molecule has 0 aromatic rings. The topological polar surface area (TPSA) is 19.9 Å². The van der Waals surface area contributed by atoms with E-state index in [0.29, 0.717) is 5.92 Å². The van der Waals surface area contributed by atoms with Crippen molar-refractivity contribution < 1.29 is 5.11 Å². The molecule has 0 bridgehead atoms. The molecule has 19 heavy (non-hydrogen) atoms. The van der Waals surface area contributed by atoms with Crippen LogP contribution in [-0.4, -0.2) is 0 Å². The second kappa shape index (κ2) is 15.4. The van der Waals surface area contributed by atoms with E-state index in [2.05, 4.69) is 19.8 Å². The largest absolute Gasteiger partial charge is 0.224 e. The van der Waals surface area contributed by atoms with Crippen molar-refractivity contribution in [3.8, 4) is 12.0 Å². The number of hydrogen-bond acceptors (Lipinski definition) is 0. The van der Waals surface area contributed by atoms with Crippen LogP contribution in [0, 0.1) is 17.9 Å². The van der Waals surface area contributed by atoms with Gasteiger partial charge in [0.25, 0.3) is 0 Å². The standard InChI is InChI=1S/C18H33O/c1-3-5-6-7-8-9-10-11-12-13-15-18(4-2)16-14-17-19/h18H,3-13,15-16H2,1-2H3. The van der Waals surface area contributed by atoms with Crippen molar-refractivity contribution in [1.82, 2.24) is 0 Å². The van der Waals surface area contributed by atoms with E-state index in [1.807, 2.05) is 0 Å². The summed E-state index contributed by atoms with van der Waals surface area (Å²) >= 11 is 0. The summed E-state index contributed by atoms with van der Waals surface area (Å²) in [4.78, 5) is 0. The van der Waals surface area contributed by atoms with Crippen LogP contribution in [0.15, 0.2) is 0 Å². The van der Waals surface area contributed by atoms with Gasteiger partial charge < -0.3 is 0 Å². The van der Waals surface area contributed by atoms with Crippen molar-refractivity contribution in [2.75, 3.05) is 0 Å². The zero-order valence-electron chi connectivity index (χ0n) is 13.2. The van der Waals surface area contributed by atoms with Gasteiger partial charge in [-0.3, -0.25) is 0 Å². The average molecular weight is 265 g/mol. The Morgan fingerprint density at radius 1 is 0.789 bits per heavy atom. The molecule has 1 unspecified atom stereocenters. The van der Waals surface area contributed by atoms with Gasteiger partial charge in [0.2, 0.25) is 0 Å². The molecule has 0 heterocycles. The maximum atomic E-state index is 10.1. The highest BCUT2D eigenvalue weighted by Crippen LogP contribution is 2.18. The van der Waals surface area contributed by atoms with Crippen LogP contribution in [-0.2, 0) is 5.11 Å². The summed E-state index contributed by atoms with van der Waals surface area (Å²) in [5, 5.41) is 10.1. The van der Waals surface area contributed by atoms with E-state index in [9.17, 15) is 5.11 Å². The van der Waals surface area contributed by atoms with Gasteiger partial charge in [-0.2, -0.15) is 0 Å². The van der Waals surface area contributed by atoms with Gasteiger partial charge >= 0.3 is 0 Å². The predicted octanol–water partition coefficient (Wildman–Crippen LogP) is 6.11. The first kappa shape index (κ1) is 18.4. The van der Waals surface area contributed by atoms with E-state index in [4.69, 9.17) is 0 Å². The molecule has 0 saturated carbocycles. The van der Waals surface area contributed by atoms with Crippen molar-refractivity contribution in [2.24, 2.45) is 5.92 Å². The molecule has 0 saturated heterocycles. The molecule has 0 N–H and O–H groups in total. The molecule has 1 radical (unpaired) electrons. The third-order valence-electron chi connectivity index (χ3n) is 4.01. The molecule has 0 amide bonds. The zero-order valence-corrected chi connectivity index (χ0v) is 13.2. The van der Waals surface area contributed by atoms with E-state index < -0.39 is 0 Å². The first-order valence-corrected chi connectivity index (χ1v) is 8.45. The highest BCUT2D eigenvalue weighted by molar-refractivity contribution is 4.91. The molecule has 0 aliphatic rings. The van der Waals surface area contributed by atoms with Gasteiger partial charge in [-0.05, 0) is 12.3 Å². The van der Waals surface area contributed by atoms with Crippen LogP contribution in [0.25, 0.3) is 0 Å². The molecule has 1 atom stereocenters. The molecule has 1 nitrogen and oxygen atoms in total. The Morgan fingerprint density at radius 3 is 1.79 bits per heavy atom. The summed E-state index contributed by atoms with van der Waals surface area (Å²) in [7, 11) is 0. The molecule has 111 valence electrons. The Labute approximate surface area is 121 Å². The first-order valence-electron chi connectivity index (χ1n) is 8.45. The van der Waals surface area contributed by atoms with Gasteiger partial charge in [0.05, 0.1) is 0 Å². The molecule has 0 aromatic heterocycles. The summed E-state index contributed by atoms with van der Waals surface area (Å²) in [6, 6.07) is 0. The number of rotatable bonds is 13. The fourth-order valence-corrected chi connectivity index (χ4v) is 2.56. The highest BCUT2D eigenvalue weighted by atomic mass is 16.2.